The molecule has 1 aromatic heterocycles. The van der Waals surface area contributed by atoms with Crippen molar-refractivity contribution in [2.45, 2.75) is 37.1 Å². The van der Waals surface area contributed by atoms with Crippen molar-refractivity contribution < 1.29 is 13.2 Å². The molecule has 0 saturated carbocycles. The molecule has 1 N–H and O–H groups in total. The first kappa shape index (κ1) is 22.7. The minimum Gasteiger partial charge on any atom is -0.298 e. The summed E-state index contributed by atoms with van der Waals surface area (Å²) in [6.45, 7) is 2.48. The van der Waals surface area contributed by atoms with Gasteiger partial charge in [0, 0.05) is 29.1 Å². The molecule has 6 nitrogen and oxygen atoms in total. The Bertz CT molecular complexity index is 1450. The first-order valence-electron chi connectivity index (χ1n) is 11.3. The van der Waals surface area contributed by atoms with Gasteiger partial charge in [-0.1, -0.05) is 42.8 Å². The fourth-order valence-electron chi connectivity index (χ4n) is 4.32. The van der Waals surface area contributed by atoms with Gasteiger partial charge < -0.3 is 0 Å². The van der Waals surface area contributed by atoms with Gasteiger partial charge in [-0.3, -0.25) is 10.1 Å². The number of sulfonamides is 1. The number of carbonyl (C=O) groups is 1. The number of benzene rings is 3. The van der Waals surface area contributed by atoms with Gasteiger partial charge in [-0.2, -0.15) is 4.31 Å². The van der Waals surface area contributed by atoms with Crippen LogP contribution in [0.15, 0.2) is 77.0 Å². The van der Waals surface area contributed by atoms with Crippen molar-refractivity contribution in [3.8, 4) is 11.3 Å². The van der Waals surface area contributed by atoms with Gasteiger partial charge in [-0.15, -0.1) is 11.3 Å². The summed E-state index contributed by atoms with van der Waals surface area (Å²) >= 11 is 1.35. The third kappa shape index (κ3) is 4.49. The number of carbonyl (C=O) groups excluding carboxylic acids is 1. The van der Waals surface area contributed by atoms with Crippen molar-refractivity contribution in [2.75, 3.05) is 11.9 Å². The van der Waals surface area contributed by atoms with E-state index in [1.54, 1.807) is 16.4 Å². The maximum atomic E-state index is 13.0. The Kier molecular flexibility index (Phi) is 6.20. The van der Waals surface area contributed by atoms with Crippen LogP contribution in [0.3, 0.4) is 0 Å². The van der Waals surface area contributed by atoms with Gasteiger partial charge >= 0.3 is 0 Å². The van der Waals surface area contributed by atoms with Gasteiger partial charge in [0.15, 0.2) is 5.13 Å². The molecule has 4 aromatic rings. The van der Waals surface area contributed by atoms with Crippen molar-refractivity contribution in [1.29, 1.82) is 0 Å². The summed E-state index contributed by atoms with van der Waals surface area (Å²) in [6.07, 6.45) is 2.79. The van der Waals surface area contributed by atoms with E-state index in [0.29, 0.717) is 17.2 Å². The van der Waals surface area contributed by atoms with Gasteiger partial charge in [0.1, 0.15) is 0 Å². The molecule has 174 valence electrons. The van der Waals surface area contributed by atoms with Crippen LogP contribution in [0.4, 0.5) is 5.13 Å². The highest BCUT2D eigenvalue weighted by Crippen LogP contribution is 2.29. The summed E-state index contributed by atoms with van der Waals surface area (Å²) in [4.78, 5) is 17.5. The second-order valence-electron chi connectivity index (χ2n) is 8.54. The molecule has 1 aliphatic heterocycles. The molecule has 1 unspecified atom stereocenters. The highest BCUT2D eigenvalue weighted by atomic mass is 32.2. The quantitative estimate of drug-likeness (QED) is 0.384. The van der Waals surface area contributed by atoms with Crippen molar-refractivity contribution in [3.05, 3.63) is 77.7 Å². The maximum Gasteiger partial charge on any atom is 0.257 e. The lowest BCUT2D eigenvalue weighted by molar-refractivity contribution is 0.102. The number of thiazole rings is 1. The van der Waals surface area contributed by atoms with Crippen LogP contribution in [0.5, 0.6) is 0 Å². The second kappa shape index (κ2) is 9.29. The predicted molar refractivity (Wildman–Crippen MR) is 137 cm³/mol. The Labute approximate surface area is 203 Å². The van der Waals surface area contributed by atoms with Crippen LogP contribution in [-0.4, -0.2) is 36.2 Å². The molecule has 2 heterocycles. The molecular formula is C26H25N3O3S2. The molecule has 1 atom stereocenters. The van der Waals surface area contributed by atoms with Crippen molar-refractivity contribution in [1.82, 2.24) is 9.29 Å². The fourth-order valence-corrected chi connectivity index (χ4v) is 6.74. The van der Waals surface area contributed by atoms with Gasteiger partial charge in [0.25, 0.3) is 5.91 Å². The third-order valence-corrected chi connectivity index (χ3v) is 9.02. The lowest BCUT2D eigenvalue weighted by Gasteiger charge is -2.32. The Morgan fingerprint density at radius 1 is 1.03 bits per heavy atom. The molecule has 0 spiro atoms. The average Bonchev–Trinajstić information content (AvgIpc) is 3.32. The van der Waals surface area contributed by atoms with Gasteiger partial charge in [-0.25, -0.2) is 13.4 Å². The Balaban J connectivity index is 1.30. The zero-order valence-corrected chi connectivity index (χ0v) is 20.4. The summed E-state index contributed by atoms with van der Waals surface area (Å²) in [7, 11) is -3.56. The molecule has 0 bridgehead atoms. The number of amides is 1. The molecule has 0 radical (unpaired) electrons. The van der Waals surface area contributed by atoms with Crippen molar-refractivity contribution >= 4 is 43.2 Å². The van der Waals surface area contributed by atoms with Crippen LogP contribution in [-0.2, 0) is 10.0 Å². The summed E-state index contributed by atoms with van der Waals surface area (Å²) in [5.41, 5.74) is 2.16. The number of rotatable bonds is 5. The number of hydrogen-bond donors (Lipinski definition) is 1. The number of anilines is 1. The van der Waals surface area contributed by atoms with E-state index in [-0.39, 0.29) is 16.8 Å². The second-order valence-corrected chi connectivity index (χ2v) is 11.3. The van der Waals surface area contributed by atoms with E-state index in [4.69, 9.17) is 0 Å². The number of aromatic nitrogens is 1. The number of piperidine rings is 1. The largest absolute Gasteiger partial charge is 0.298 e. The Morgan fingerprint density at radius 3 is 2.56 bits per heavy atom. The smallest absolute Gasteiger partial charge is 0.257 e. The van der Waals surface area contributed by atoms with E-state index < -0.39 is 10.0 Å². The number of fused-ring (bicyclic) bond motifs is 1. The van der Waals surface area contributed by atoms with Crippen molar-refractivity contribution in [3.63, 3.8) is 0 Å². The lowest BCUT2D eigenvalue weighted by atomic mass is 10.1. The van der Waals surface area contributed by atoms with Crippen LogP contribution in [0.2, 0.25) is 0 Å². The summed E-state index contributed by atoms with van der Waals surface area (Å²) < 4.78 is 27.6. The van der Waals surface area contributed by atoms with Gasteiger partial charge in [0.2, 0.25) is 10.0 Å². The van der Waals surface area contributed by atoms with Crippen LogP contribution in [0.1, 0.15) is 36.5 Å². The molecule has 3 aromatic carbocycles. The normalized spacial score (nSPS) is 17.0. The van der Waals surface area contributed by atoms with E-state index in [9.17, 15) is 13.2 Å². The van der Waals surface area contributed by atoms with E-state index in [1.165, 1.54) is 23.5 Å². The van der Waals surface area contributed by atoms with Crippen molar-refractivity contribution in [2.24, 2.45) is 0 Å². The third-order valence-electron chi connectivity index (χ3n) is 6.23. The van der Waals surface area contributed by atoms with E-state index in [1.807, 2.05) is 30.5 Å². The van der Waals surface area contributed by atoms with Gasteiger partial charge in [-0.05, 0) is 60.9 Å². The van der Waals surface area contributed by atoms with Crippen LogP contribution >= 0.6 is 11.3 Å². The molecule has 1 amide bonds. The van der Waals surface area contributed by atoms with E-state index in [2.05, 4.69) is 34.6 Å². The van der Waals surface area contributed by atoms with Crippen LogP contribution in [0, 0.1) is 0 Å². The summed E-state index contributed by atoms with van der Waals surface area (Å²) in [6, 6.07) is 20.4. The zero-order chi connectivity index (χ0) is 23.7. The van der Waals surface area contributed by atoms with Gasteiger partial charge in [0.05, 0.1) is 10.6 Å². The molecule has 1 saturated heterocycles. The topological polar surface area (TPSA) is 79.4 Å². The Hall–Kier alpha value is -3.07. The van der Waals surface area contributed by atoms with Crippen LogP contribution in [0.25, 0.3) is 22.0 Å². The standard InChI is InChI=1S/C26H25N3O3S2/c1-18-6-4-5-15-29(18)34(31,32)23-13-11-20(12-14-23)25(30)28-26-27-24(17-33-26)22-10-9-19-7-2-3-8-21(19)16-22/h2-3,7-14,16-18H,4-6,15H2,1H3,(H,27,28,30). The Morgan fingerprint density at radius 2 is 1.79 bits per heavy atom. The minimum atomic E-state index is -3.56. The van der Waals surface area contributed by atoms with E-state index >= 15 is 0 Å². The monoisotopic (exact) mass is 491 g/mol. The average molecular weight is 492 g/mol. The molecule has 5 rings (SSSR count). The molecular weight excluding hydrogens is 466 g/mol. The lowest BCUT2D eigenvalue weighted by Crippen LogP contribution is -2.41. The SMILES string of the molecule is CC1CCCCN1S(=O)(=O)c1ccc(C(=O)Nc2nc(-c3ccc4ccccc4c3)cs2)cc1. The molecule has 1 fully saturated rings. The minimum absolute atomic E-state index is 0.0107. The number of nitrogens with one attached hydrogen (secondary N) is 1. The first-order valence-corrected chi connectivity index (χ1v) is 13.6. The number of hydrogen-bond acceptors (Lipinski definition) is 5. The number of nitrogens with zero attached hydrogens (tertiary/aromatic N) is 2. The summed E-state index contributed by atoms with van der Waals surface area (Å²) in [5.74, 6) is -0.324. The maximum absolute atomic E-state index is 13.0. The highest BCUT2D eigenvalue weighted by molar-refractivity contribution is 7.89. The molecule has 0 aliphatic carbocycles. The molecule has 34 heavy (non-hydrogen) atoms. The molecule has 8 heteroatoms. The zero-order valence-electron chi connectivity index (χ0n) is 18.8. The first-order chi connectivity index (χ1) is 16.4. The summed E-state index contributed by atoms with van der Waals surface area (Å²) in [5, 5.41) is 7.52. The predicted octanol–water partition coefficient (Wildman–Crippen LogP) is 5.78. The van der Waals surface area contributed by atoms with E-state index in [0.717, 1.165) is 41.3 Å². The molecule has 1 aliphatic rings. The fraction of sp³-hybridized carbons (Fsp3) is 0.231. The van der Waals surface area contributed by atoms with Crippen LogP contribution < -0.4 is 5.32 Å². The highest BCUT2D eigenvalue weighted by Gasteiger charge is 2.30.